The molecule has 0 saturated carbocycles. The van der Waals surface area contributed by atoms with Crippen LogP contribution in [0.3, 0.4) is 0 Å². The van der Waals surface area contributed by atoms with Crippen molar-refractivity contribution in [3.63, 3.8) is 0 Å². The number of aromatic nitrogens is 2. The fourth-order valence-electron chi connectivity index (χ4n) is 2.58. The summed E-state index contributed by atoms with van der Waals surface area (Å²) < 4.78 is 10.8. The van der Waals surface area contributed by atoms with Crippen LogP contribution in [0.1, 0.15) is 24.4 Å². The van der Waals surface area contributed by atoms with Crippen LogP contribution in [0.4, 0.5) is 5.82 Å². The van der Waals surface area contributed by atoms with Crippen molar-refractivity contribution in [3.05, 3.63) is 42.2 Å². The Morgan fingerprint density at radius 1 is 1.41 bits per heavy atom. The van der Waals surface area contributed by atoms with E-state index in [1.807, 2.05) is 25.4 Å². The van der Waals surface area contributed by atoms with Gasteiger partial charge in [-0.05, 0) is 19.1 Å². The van der Waals surface area contributed by atoms with Crippen LogP contribution in [0, 0.1) is 0 Å². The first-order chi connectivity index (χ1) is 10.8. The van der Waals surface area contributed by atoms with Crippen molar-refractivity contribution in [1.82, 2.24) is 14.9 Å². The number of hydrogen-bond donors (Lipinski definition) is 0. The molecule has 22 heavy (non-hydrogen) atoms. The van der Waals surface area contributed by atoms with Gasteiger partial charge in [-0.2, -0.15) is 0 Å². The van der Waals surface area contributed by atoms with Gasteiger partial charge in [-0.1, -0.05) is 0 Å². The second-order valence-electron chi connectivity index (χ2n) is 5.48. The molecular formula is C16H22N4O2. The van der Waals surface area contributed by atoms with Crippen molar-refractivity contribution >= 4 is 5.82 Å². The minimum Gasteiger partial charge on any atom is -0.472 e. The average Bonchev–Trinajstić information content (AvgIpc) is 3.08. The highest BCUT2D eigenvalue weighted by atomic mass is 16.5. The van der Waals surface area contributed by atoms with Crippen molar-refractivity contribution in [2.45, 2.75) is 19.5 Å². The Morgan fingerprint density at radius 2 is 2.32 bits per heavy atom. The molecule has 0 amide bonds. The Labute approximate surface area is 130 Å². The minimum absolute atomic E-state index is 0.0776. The first-order valence-corrected chi connectivity index (χ1v) is 7.65. The van der Waals surface area contributed by atoms with Crippen molar-refractivity contribution in [1.29, 1.82) is 0 Å². The Bertz CT molecular complexity index is 588. The van der Waals surface area contributed by atoms with Gasteiger partial charge < -0.3 is 14.1 Å². The molecule has 0 bridgehead atoms. The van der Waals surface area contributed by atoms with E-state index in [9.17, 15) is 0 Å². The standard InChI is InChI=1S/C16H22N4O2/c1-3-19(2)15-4-6-17-16(18-15)14-12-22-9-7-20(14)10-13-5-8-21-11-13/h4-6,8,11,14H,3,7,9-10,12H2,1-2H3/t14-/m1/s1. The number of rotatable bonds is 5. The summed E-state index contributed by atoms with van der Waals surface area (Å²) >= 11 is 0. The monoisotopic (exact) mass is 302 g/mol. The maximum absolute atomic E-state index is 5.65. The van der Waals surface area contributed by atoms with E-state index in [0.29, 0.717) is 6.61 Å². The van der Waals surface area contributed by atoms with Crippen LogP contribution in [-0.2, 0) is 11.3 Å². The molecule has 6 nitrogen and oxygen atoms in total. The summed E-state index contributed by atoms with van der Waals surface area (Å²) in [5.41, 5.74) is 1.16. The quantitative estimate of drug-likeness (QED) is 0.843. The van der Waals surface area contributed by atoms with E-state index in [-0.39, 0.29) is 6.04 Å². The average molecular weight is 302 g/mol. The van der Waals surface area contributed by atoms with Gasteiger partial charge in [0.1, 0.15) is 11.6 Å². The lowest BCUT2D eigenvalue weighted by atomic mass is 10.2. The molecule has 0 aliphatic carbocycles. The molecule has 2 aromatic rings. The van der Waals surface area contributed by atoms with E-state index >= 15 is 0 Å². The van der Waals surface area contributed by atoms with Gasteiger partial charge in [0.15, 0.2) is 0 Å². The van der Waals surface area contributed by atoms with Gasteiger partial charge in [0.2, 0.25) is 0 Å². The van der Waals surface area contributed by atoms with Crippen LogP contribution in [0.2, 0.25) is 0 Å². The maximum Gasteiger partial charge on any atom is 0.150 e. The van der Waals surface area contributed by atoms with Gasteiger partial charge in [-0.3, -0.25) is 4.90 Å². The fraction of sp³-hybridized carbons (Fsp3) is 0.500. The molecule has 2 aromatic heterocycles. The van der Waals surface area contributed by atoms with Crippen molar-refractivity contribution in [3.8, 4) is 0 Å². The molecule has 3 rings (SSSR count). The Balaban J connectivity index is 1.81. The summed E-state index contributed by atoms with van der Waals surface area (Å²) in [6, 6.07) is 4.01. The predicted molar refractivity (Wildman–Crippen MR) is 83.7 cm³/mol. The van der Waals surface area contributed by atoms with Crippen molar-refractivity contribution in [2.75, 3.05) is 38.3 Å². The van der Waals surface area contributed by atoms with Crippen LogP contribution in [0.25, 0.3) is 0 Å². The Morgan fingerprint density at radius 3 is 3.09 bits per heavy atom. The normalized spacial score (nSPS) is 19.3. The molecule has 0 aromatic carbocycles. The van der Waals surface area contributed by atoms with Gasteiger partial charge in [0, 0.05) is 38.4 Å². The molecule has 1 fully saturated rings. The van der Waals surface area contributed by atoms with Crippen molar-refractivity contribution in [2.24, 2.45) is 0 Å². The number of anilines is 1. The van der Waals surface area contributed by atoms with Crippen LogP contribution < -0.4 is 4.90 Å². The van der Waals surface area contributed by atoms with E-state index in [4.69, 9.17) is 14.1 Å². The second-order valence-corrected chi connectivity index (χ2v) is 5.48. The fourth-order valence-corrected chi connectivity index (χ4v) is 2.58. The minimum atomic E-state index is 0.0776. The van der Waals surface area contributed by atoms with Gasteiger partial charge in [0.25, 0.3) is 0 Å². The van der Waals surface area contributed by atoms with Gasteiger partial charge in [0.05, 0.1) is 31.8 Å². The third-order valence-electron chi connectivity index (χ3n) is 4.03. The SMILES string of the molecule is CCN(C)c1ccnc([C@H]2COCCN2Cc2ccoc2)n1. The van der Waals surface area contributed by atoms with Crippen molar-refractivity contribution < 1.29 is 9.15 Å². The van der Waals surface area contributed by atoms with E-state index in [1.165, 1.54) is 0 Å². The van der Waals surface area contributed by atoms with Crippen LogP contribution in [0.5, 0.6) is 0 Å². The van der Waals surface area contributed by atoms with E-state index in [2.05, 4.69) is 21.7 Å². The lowest BCUT2D eigenvalue weighted by molar-refractivity contribution is -0.0159. The summed E-state index contributed by atoms with van der Waals surface area (Å²) in [6.45, 7) is 6.07. The summed E-state index contributed by atoms with van der Waals surface area (Å²) in [4.78, 5) is 13.6. The number of furan rings is 1. The summed E-state index contributed by atoms with van der Waals surface area (Å²) in [6.07, 6.45) is 5.32. The zero-order valence-electron chi connectivity index (χ0n) is 13.1. The summed E-state index contributed by atoms with van der Waals surface area (Å²) in [7, 11) is 2.03. The Kier molecular flexibility index (Phi) is 4.70. The van der Waals surface area contributed by atoms with E-state index in [1.54, 1.807) is 12.5 Å². The highest BCUT2D eigenvalue weighted by Gasteiger charge is 2.27. The molecule has 1 aliphatic heterocycles. The number of ether oxygens (including phenoxy) is 1. The first-order valence-electron chi connectivity index (χ1n) is 7.65. The largest absolute Gasteiger partial charge is 0.472 e. The molecule has 1 atom stereocenters. The zero-order valence-corrected chi connectivity index (χ0v) is 13.1. The predicted octanol–water partition coefficient (Wildman–Crippen LogP) is 2.10. The van der Waals surface area contributed by atoms with Gasteiger partial charge in [-0.15, -0.1) is 0 Å². The maximum atomic E-state index is 5.65. The zero-order chi connectivity index (χ0) is 15.4. The van der Waals surface area contributed by atoms with Crippen LogP contribution >= 0.6 is 0 Å². The summed E-state index contributed by atoms with van der Waals surface area (Å²) in [5.74, 6) is 1.77. The number of nitrogens with zero attached hydrogens (tertiary/aromatic N) is 4. The molecule has 3 heterocycles. The highest BCUT2D eigenvalue weighted by Crippen LogP contribution is 2.24. The molecule has 6 heteroatoms. The lowest BCUT2D eigenvalue weighted by Gasteiger charge is -2.34. The van der Waals surface area contributed by atoms with Crippen LogP contribution in [0.15, 0.2) is 35.3 Å². The molecule has 0 N–H and O–H groups in total. The molecule has 118 valence electrons. The van der Waals surface area contributed by atoms with Gasteiger partial charge in [-0.25, -0.2) is 9.97 Å². The van der Waals surface area contributed by atoms with E-state index < -0.39 is 0 Å². The smallest absolute Gasteiger partial charge is 0.150 e. The lowest BCUT2D eigenvalue weighted by Crippen LogP contribution is -2.40. The molecular weight excluding hydrogens is 280 g/mol. The molecule has 1 saturated heterocycles. The van der Waals surface area contributed by atoms with E-state index in [0.717, 1.165) is 43.4 Å². The van der Waals surface area contributed by atoms with Crippen LogP contribution in [-0.4, -0.2) is 48.2 Å². The first kappa shape index (κ1) is 15.0. The summed E-state index contributed by atoms with van der Waals surface area (Å²) in [5, 5.41) is 0. The third-order valence-corrected chi connectivity index (χ3v) is 4.03. The molecule has 1 aliphatic rings. The highest BCUT2D eigenvalue weighted by molar-refractivity contribution is 5.36. The Hall–Kier alpha value is -1.92. The number of morpholine rings is 1. The molecule has 0 spiro atoms. The van der Waals surface area contributed by atoms with Gasteiger partial charge >= 0.3 is 0 Å². The third kappa shape index (κ3) is 3.28. The molecule has 0 unspecified atom stereocenters. The second kappa shape index (κ2) is 6.89. The topological polar surface area (TPSA) is 54.6 Å². The number of hydrogen-bond acceptors (Lipinski definition) is 6. The molecule has 0 radical (unpaired) electrons.